The molecule has 4 atom stereocenters. The number of aliphatic hydroxyl groups is 1. The van der Waals surface area contributed by atoms with Gasteiger partial charge in [0.1, 0.15) is 0 Å². The minimum atomic E-state index is -0.960. The van der Waals surface area contributed by atoms with E-state index < -0.39 is 17.8 Å². The number of carbonyl (C=O) groups is 2. The van der Waals surface area contributed by atoms with E-state index in [0.717, 1.165) is 19.3 Å². The first-order valence-electron chi connectivity index (χ1n) is 6.11. The van der Waals surface area contributed by atoms with Gasteiger partial charge < -0.3 is 15.5 Å². The molecular weight excluding hydrogens is 222 g/mol. The van der Waals surface area contributed by atoms with Crippen LogP contribution in [0.5, 0.6) is 0 Å². The van der Waals surface area contributed by atoms with Crippen LogP contribution in [0.3, 0.4) is 0 Å². The van der Waals surface area contributed by atoms with Crippen LogP contribution < -0.4 is 5.32 Å². The number of carboxylic acids is 1. The average Bonchev–Trinajstić information content (AvgIpc) is 2.73. The van der Waals surface area contributed by atoms with Crippen molar-refractivity contribution in [2.24, 2.45) is 17.8 Å². The fourth-order valence-electron chi connectivity index (χ4n) is 2.20. The van der Waals surface area contributed by atoms with E-state index in [4.69, 9.17) is 10.2 Å². The lowest BCUT2D eigenvalue weighted by Gasteiger charge is -2.22. The van der Waals surface area contributed by atoms with E-state index in [9.17, 15) is 9.59 Å². The van der Waals surface area contributed by atoms with Gasteiger partial charge in [-0.15, -0.1) is 0 Å². The van der Waals surface area contributed by atoms with Crippen molar-refractivity contribution >= 4 is 11.9 Å². The minimum Gasteiger partial charge on any atom is -0.481 e. The van der Waals surface area contributed by atoms with Crippen molar-refractivity contribution in [2.45, 2.75) is 39.2 Å². The number of rotatable bonds is 5. The summed E-state index contributed by atoms with van der Waals surface area (Å²) in [5, 5.41) is 20.8. The fraction of sp³-hybridized carbons (Fsp3) is 0.833. The third-order valence-electron chi connectivity index (χ3n) is 3.77. The van der Waals surface area contributed by atoms with Gasteiger partial charge >= 0.3 is 5.97 Å². The first-order chi connectivity index (χ1) is 7.97. The number of aliphatic carboxylic acids is 1. The molecule has 3 N–H and O–H groups in total. The molecule has 98 valence electrons. The Morgan fingerprint density at radius 3 is 2.47 bits per heavy atom. The van der Waals surface area contributed by atoms with Gasteiger partial charge in [0.15, 0.2) is 0 Å². The third kappa shape index (κ3) is 3.43. The van der Waals surface area contributed by atoms with Crippen molar-refractivity contribution in [3.05, 3.63) is 0 Å². The molecule has 0 aromatic heterocycles. The highest BCUT2D eigenvalue weighted by Gasteiger charge is 2.31. The van der Waals surface area contributed by atoms with Crippen molar-refractivity contribution in [1.82, 2.24) is 5.32 Å². The smallest absolute Gasteiger partial charge is 0.307 e. The predicted molar refractivity (Wildman–Crippen MR) is 62.3 cm³/mol. The Balaban J connectivity index is 2.51. The number of aliphatic hydroxyl groups excluding tert-OH is 1. The largest absolute Gasteiger partial charge is 0.481 e. The van der Waals surface area contributed by atoms with Crippen molar-refractivity contribution in [3.63, 3.8) is 0 Å². The lowest BCUT2D eigenvalue weighted by atomic mass is 9.94. The molecule has 0 bridgehead atoms. The Bertz CT molecular complexity index is 292. The molecule has 4 unspecified atom stereocenters. The molecule has 1 aliphatic carbocycles. The molecule has 5 nitrogen and oxygen atoms in total. The van der Waals surface area contributed by atoms with Crippen LogP contribution in [0.25, 0.3) is 0 Å². The van der Waals surface area contributed by atoms with E-state index in [1.165, 1.54) is 6.92 Å². The zero-order chi connectivity index (χ0) is 13.0. The molecule has 17 heavy (non-hydrogen) atoms. The molecule has 0 aliphatic heterocycles. The maximum Gasteiger partial charge on any atom is 0.307 e. The lowest BCUT2D eigenvalue weighted by Crippen LogP contribution is -2.43. The van der Waals surface area contributed by atoms with E-state index >= 15 is 0 Å². The van der Waals surface area contributed by atoms with E-state index in [1.807, 2.05) is 0 Å². The fourth-order valence-corrected chi connectivity index (χ4v) is 2.20. The van der Waals surface area contributed by atoms with Crippen LogP contribution in [0.15, 0.2) is 0 Å². The Kier molecular flexibility index (Phi) is 4.93. The van der Waals surface area contributed by atoms with Gasteiger partial charge in [-0.3, -0.25) is 9.59 Å². The molecule has 0 spiro atoms. The second-order valence-electron chi connectivity index (χ2n) is 4.90. The summed E-state index contributed by atoms with van der Waals surface area (Å²) in [5.41, 5.74) is 0. The number of hydrogen-bond donors (Lipinski definition) is 3. The van der Waals surface area contributed by atoms with Gasteiger partial charge in [0.05, 0.1) is 5.92 Å². The molecule has 0 saturated heterocycles. The molecule has 5 heteroatoms. The summed E-state index contributed by atoms with van der Waals surface area (Å²) in [6, 6.07) is -0.00375. The molecule has 1 rings (SSSR count). The lowest BCUT2D eigenvalue weighted by molar-refractivity contribution is -0.146. The monoisotopic (exact) mass is 243 g/mol. The maximum absolute atomic E-state index is 11.9. The third-order valence-corrected chi connectivity index (χ3v) is 3.77. The average molecular weight is 243 g/mol. The highest BCUT2D eigenvalue weighted by molar-refractivity contribution is 5.84. The van der Waals surface area contributed by atoms with E-state index in [1.54, 1.807) is 6.92 Å². The molecule has 0 aromatic carbocycles. The van der Waals surface area contributed by atoms with Gasteiger partial charge in [-0.2, -0.15) is 0 Å². The van der Waals surface area contributed by atoms with E-state index in [0.29, 0.717) is 0 Å². The van der Waals surface area contributed by atoms with E-state index in [2.05, 4.69) is 5.32 Å². The molecule has 1 amide bonds. The first kappa shape index (κ1) is 14.0. The normalized spacial score (nSPS) is 27.5. The number of amides is 1. The predicted octanol–water partition coefficient (Wildman–Crippen LogP) is 0.620. The minimum absolute atomic E-state index is 0.00375. The molecule has 0 radical (unpaired) electrons. The summed E-state index contributed by atoms with van der Waals surface area (Å²) in [5.74, 6) is -2.31. The molecule has 0 heterocycles. The number of carbonyl (C=O) groups excluding carboxylic acids is 1. The Labute approximate surface area is 101 Å². The highest BCUT2D eigenvalue weighted by Crippen LogP contribution is 2.25. The number of carboxylic acid groups (broad SMARTS) is 1. The van der Waals surface area contributed by atoms with Gasteiger partial charge in [-0.1, -0.05) is 20.3 Å². The van der Waals surface area contributed by atoms with Crippen LogP contribution in [0.1, 0.15) is 33.1 Å². The van der Waals surface area contributed by atoms with Crippen molar-refractivity contribution < 1.29 is 19.8 Å². The van der Waals surface area contributed by atoms with Crippen LogP contribution in [0, 0.1) is 17.8 Å². The van der Waals surface area contributed by atoms with Gasteiger partial charge in [-0.25, -0.2) is 0 Å². The summed E-state index contributed by atoms with van der Waals surface area (Å²) in [4.78, 5) is 22.6. The quantitative estimate of drug-likeness (QED) is 0.660. The van der Waals surface area contributed by atoms with Gasteiger partial charge in [0.25, 0.3) is 0 Å². The Morgan fingerprint density at radius 2 is 1.94 bits per heavy atom. The molecule has 1 aliphatic rings. The molecule has 0 aromatic rings. The van der Waals surface area contributed by atoms with Crippen LogP contribution in [-0.4, -0.2) is 34.7 Å². The molecule has 1 saturated carbocycles. The summed E-state index contributed by atoms with van der Waals surface area (Å²) >= 11 is 0. The molecule has 1 fully saturated rings. The van der Waals surface area contributed by atoms with Gasteiger partial charge in [0, 0.05) is 24.5 Å². The highest BCUT2D eigenvalue weighted by atomic mass is 16.4. The second-order valence-corrected chi connectivity index (χ2v) is 4.90. The summed E-state index contributed by atoms with van der Waals surface area (Å²) in [6.07, 6.45) is 2.79. The standard InChI is InChI=1S/C12H21NO4/c1-7(8(2)12(16)17)11(15)13-10-5-3-4-9(10)6-14/h7-10,14H,3-6H2,1-2H3,(H,13,15)(H,16,17). The van der Waals surface area contributed by atoms with Gasteiger partial charge in [-0.05, 0) is 12.8 Å². The van der Waals surface area contributed by atoms with Crippen LogP contribution in [0.2, 0.25) is 0 Å². The zero-order valence-electron chi connectivity index (χ0n) is 10.3. The number of nitrogens with one attached hydrogen (secondary N) is 1. The molecular formula is C12H21NO4. The van der Waals surface area contributed by atoms with Crippen molar-refractivity contribution in [1.29, 1.82) is 0 Å². The summed E-state index contributed by atoms with van der Waals surface area (Å²) in [6.45, 7) is 3.23. The Morgan fingerprint density at radius 1 is 1.29 bits per heavy atom. The van der Waals surface area contributed by atoms with Gasteiger partial charge in [0.2, 0.25) is 5.91 Å². The zero-order valence-corrected chi connectivity index (χ0v) is 10.3. The van der Waals surface area contributed by atoms with Crippen LogP contribution >= 0.6 is 0 Å². The Hall–Kier alpha value is -1.10. The van der Waals surface area contributed by atoms with Crippen LogP contribution in [0.4, 0.5) is 0 Å². The number of hydrogen-bond acceptors (Lipinski definition) is 3. The second kappa shape index (κ2) is 6.00. The first-order valence-corrected chi connectivity index (χ1v) is 6.11. The summed E-state index contributed by atoms with van der Waals surface area (Å²) in [7, 11) is 0. The van der Waals surface area contributed by atoms with E-state index in [-0.39, 0.29) is 24.5 Å². The van der Waals surface area contributed by atoms with Crippen molar-refractivity contribution in [3.8, 4) is 0 Å². The maximum atomic E-state index is 11.9. The SMILES string of the molecule is CC(C(=O)O)C(C)C(=O)NC1CCCC1CO. The summed E-state index contributed by atoms with van der Waals surface area (Å²) < 4.78 is 0. The van der Waals surface area contributed by atoms with Crippen molar-refractivity contribution in [2.75, 3.05) is 6.61 Å². The van der Waals surface area contributed by atoms with Crippen LogP contribution in [-0.2, 0) is 9.59 Å². The topological polar surface area (TPSA) is 86.6 Å².